The van der Waals surface area contributed by atoms with Crippen molar-refractivity contribution in [1.82, 2.24) is 15.2 Å². The van der Waals surface area contributed by atoms with Gasteiger partial charge in [0.1, 0.15) is 17.6 Å². The third-order valence-electron chi connectivity index (χ3n) is 7.83. The van der Waals surface area contributed by atoms with Crippen LogP contribution in [0.2, 0.25) is 0 Å². The van der Waals surface area contributed by atoms with E-state index in [1.165, 1.54) is 25.7 Å². The Kier molecular flexibility index (Phi) is 5.16. The fraction of sp³-hybridized carbons (Fsp3) is 0.696. The molecule has 0 radical (unpaired) electrons. The highest BCUT2D eigenvalue weighted by atomic mass is 16.5. The first-order valence-electron chi connectivity index (χ1n) is 11.3. The summed E-state index contributed by atoms with van der Waals surface area (Å²) in [5, 5.41) is 12.4. The molecule has 30 heavy (non-hydrogen) atoms. The second kappa shape index (κ2) is 7.82. The molecule has 4 atom stereocenters. The molecule has 3 saturated heterocycles. The molecular formula is C23H31N5O2. The van der Waals surface area contributed by atoms with E-state index in [1.54, 1.807) is 6.07 Å². The van der Waals surface area contributed by atoms with Crippen LogP contribution in [0.15, 0.2) is 18.2 Å². The van der Waals surface area contributed by atoms with E-state index in [4.69, 9.17) is 10.00 Å². The number of carbonyl (C=O) groups is 1. The maximum Gasteiger partial charge on any atom is 0.234 e. The maximum absolute atomic E-state index is 12.6. The van der Waals surface area contributed by atoms with E-state index in [0.29, 0.717) is 36.7 Å². The smallest absolute Gasteiger partial charge is 0.234 e. The van der Waals surface area contributed by atoms with Crippen LogP contribution in [0.25, 0.3) is 0 Å². The minimum atomic E-state index is -0.120. The number of pyridine rings is 1. The van der Waals surface area contributed by atoms with Crippen molar-refractivity contribution in [3.63, 3.8) is 0 Å². The molecular weight excluding hydrogens is 378 g/mol. The molecule has 2 bridgehead atoms. The van der Waals surface area contributed by atoms with Gasteiger partial charge in [-0.3, -0.25) is 9.69 Å². The molecule has 1 N–H and O–H groups in total. The summed E-state index contributed by atoms with van der Waals surface area (Å²) in [6, 6.07) is 8.29. The van der Waals surface area contributed by atoms with Crippen molar-refractivity contribution < 1.29 is 9.53 Å². The Morgan fingerprint density at radius 1 is 1.40 bits per heavy atom. The quantitative estimate of drug-likeness (QED) is 0.773. The van der Waals surface area contributed by atoms with Crippen molar-refractivity contribution in [3.8, 4) is 6.07 Å². The number of nitrogens with zero attached hydrogens (tertiary/aromatic N) is 4. The first-order chi connectivity index (χ1) is 14.6. The number of nitriles is 1. The number of ether oxygens (including phenoxy) is 1. The normalized spacial score (nSPS) is 32.6. The molecule has 160 valence electrons. The van der Waals surface area contributed by atoms with E-state index >= 15 is 0 Å². The predicted octanol–water partition coefficient (Wildman–Crippen LogP) is 1.93. The van der Waals surface area contributed by atoms with Gasteiger partial charge in [0, 0.05) is 37.5 Å². The average molecular weight is 410 g/mol. The van der Waals surface area contributed by atoms with Crippen molar-refractivity contribution in [3.05, 3.63) is 23.9 Å². The summed E-state index contributed by atoms with van der Waals surface area (Å²) in [6.07, 6.45) is 7.38. The number of nitrogens with one attached hydrogen (secondary N) is 1. The molecule has 5 rings (SSSR count). The van der Waals surface area contributed by atoms with Gasteiger partial charge >= 0.3 is 0 Å². The summed E-state index contributed by atoms with van der Waals surface area (Å²) in [5.74, 6) is 1.73. The molecule has 4 heterocycles. The van der Waals surface area contributed by atoms with Gasteiger partial charge in [-0.2, -0.15) is 5.26 Å². The van der Waals surface area contributed by atoms with E-state index < -0.39 is 0 Å². The van der Waals surface area contributed by atoms with Gasteiger partial charge in [0.15, 0.2) is 0 Å². The highest BCUT2D eigenvalue weighted by Gasteiger charge is 2.63. The second-order valence-corrected chi connectivity index (χ2v) is 9.56. The first kappa shape index (κ1) is 19.8. The van der Waals surface area contributed by atoms with Gasteiger partial charge in [0.25, 0.3) is 0 Å². The summed E-state index contributed by atoms with van der Waals surface area (Å²) in [6.45, 7) is 2.87. The summed E-state index contributed by atoms with van der Waals surface area (Å²) in [5.41, 5.74) is 0.327. The van der Waals surface area contributed by atoms with Gasteiger partial charge in [-0.1, -0.05) is 18.9 Å². The maximum atomic E-state index is 12.6. The lowest BCUT2D eigenvalue weighted by Gasteiger charge is -2.29. The molecule has 7 nitrogen and oxygen atoms in total. The molecule has 4 fully saturated rings. The number of aromatic nitrogens is 1. The van der Waals surface area contributed by atoms with Gasteiger partial charge in [-0.15, -0.1) is 0 Å². The molecule has 1 aliphatic carbocycles. The van der Waals surface area contributed by atoms with Crippen molar-refractivity contribution >= 4 is 11.7 Å². The Hall–Kier alpha value is -2.17. The van der Waals surface area contributed by atoms with Crippen molar-refractivity contribution in [1.29, 1.82) is 5.26 Å². The zero-order valence-corrected chi connectivity index (χ0v) is 17.7. The Morgan fingerprint density at radius 2 is 2.23 bits per heavy atom. The van der Waals surface area contributed by atoms with Crippen LogP contribution >= 0.6 is 0 Å². The van der Waals surface area contributed by atoms with Gasteiger partial charge in [-0.25, -0.2) is 4.98 Å². The Morgan fingerprint density at radius 3 is 3.03 bits per heavy atom. The number of amides is 1. The number of anilines is 1. The van der Waals surface area contributed by atoms with Crippen LogP contribution in [0.1, 0.15) is 44.2 Å². The molecule has 0 unspecified atom stereocenters. The van der Waals surface area contributed by atoms with Crippen LogP contribution in [0.4, 0.5) is 5.82 Å². The zero-order chi connectivity index (χ0) is 20.7. The third-order valence-corrected chi connectivity index (χ3v) is 7.83. The molecule has 1 saturated carbocycles. The van der Waals surface area contributed by atoms with Crippen LogP contribution in [0.3, 0.4) is 0 Å². The summed E-state index contributed by atoms with van der Waals surface area (Å²) in [7, 11) is 2.07. The SMILES string of the molecule is CN(CC(=O)NC[C@H]1[C@H]2CN(c3cccc(C#N)n3)C[C@]23CC[C@H]1O3)C1CCCC1. The fourth-order valence-corrected chi connectivity index (χ4v) is 6.29. The zero-order valence-electron chi connectivity index (χ0n) is 17.7. The Bertz CT molecular complexity index is 848. The number of hydrogen-bond donors (Lipinski definition) is 1. The van der Waals surface area contributed by atoms with E-state index in [-0.39, 0.29) is 17.6 Å². The molecule has 1 aromatic rings. The minimum Gasteiger partial charge on any atom is -0.369 e. The Labute approximate surface area is 178 Å². The first-order valence-corrected chi connectivity index (χ1v) is 11.3. The fourth-order valence-electron chi connectivity index (χ4n) is 6.29. The summed E-state index contributed by atoms with van der Waals surface area (Å²) >= 11 is 0. The van der Waals surface area contributed by atoms with Gasteiger partial charge < -0.3 is 15.0 Å². The molecule has 1 amide bonds. The third kappa shape index (κ3) is 3.46. The number of fused-ring (bicyclic) bond motifs is 1. The largest absolute Gasteiger partial charge is 0.369 e. The molecule has 4 aliphatic rings. The lowest BCUT2D eigenvalue weighted by Crippen LogP contribution is -2.45. The van der Waals surface area contributed by atoms with Crippen molar-refractivity contribution in [2.45, 2.75) is 56.3 Å². The minimum absolute atomic E-state index is 0.120. The molecule has 1 aromatic heterocycles. The van der Waals surface area contributed by atoms with Crippen LogP contribution in [-0.2, 0) is 9.53 Å². The molecule has 7 heteroatoms. The topological polar surface area (TPSA) is 81.5 Å². The lowest BCUT2D eigenvalue weighted by atomic mass is 9.73. The van der Waals surface area contributed by atoms with E-state index in [9.17, 15) is 4.79 Å². The number of likely N-dealkylation sites (N-methyl/N-ethyl adjacent to an activating group) is 1. The van der Waals surface area contributed by atoms with Crippen molar-refractivity contribution in [2.24, 2.45) is 11.8 Å². The number of hydrogen-bond acceptors (Lipinski definition) is 6. The number of rotatable bonds is 6. The van der Waals surface area contributed by atoms with E-state index in [1.807, 2.05) is 12.1 Å². The molecule has 0 aromatic carbocycles. The van der Waals surface area contributed by atoms with Gasteiger partial charge in [0.2, 0.25) is 5.91 Å². The van der Waals surface area contributed by atoms with Crippen LogP contribution in [-0.4, -0.2) is 66.8 Å². The highest BCUT2D eigenvalue weighted by molar-refractivity contribution is 5.78. The summed E-state index contributed by atoms with van der Waals surface area (Å²) < 4.78 is 6.50. The van der Waals surface area contributed by atoms with Crippen molar-refractivity contribution in [2.75, 3.05) is 38.1 Å². The van der Waals surface area contributed by atoms with E-state index in [2.05, 4.69) is 33.2 Å². The number of carbonyl (C=O) groups excluding carboxylic acids is 1. The van der Waals surface area contributed by atoms with Gasteiger partial charge in [-0.05, 0) is 44.9 Å². The Balaban J connectivity index is 1.21. The molecule has 1 spiro atoms. The van der Waals surface area contributed by atoms with Crippen LogP contribution < -0.4 is 10.2 Å². The van der Waals surface area contributed by atoms with E-state index in [0.717, 1.165) is 31.7 Å². The average Bonchev–Trinajstić information content (AvgIpc) is 3.53. The van der Waals surface area contributed by atoms with Gasteiger partial charge in [0.05, 0.1) is 18.2 Å². The predicted molar refractivity (Wildman–Crippen MR) is 113 cm³/mol. The highest BCUT2D eigenvalue weighted by Crippen LogP contribution is 2.55. The molecule has 3 aliphatic heterocycles. The van der Waals surface area contributed by atoms with Crippen LogP contribution in [0.5, 0.6) is 0 Å². The summed E-state index contributed by atoms with van der Waals surface area (Å²) in [4.78, 5) is 21.5. The lowest BCUT2D eigenvalue weighted by molar-refractivity contribution is -0.122. The second-order valence-electron chi connectivity index (χ2n) is 9.56. The van der Waals surface area contributed by atoms with Crippen LogP contribution in [0, 0.1) is 23.2 Å². The monoisotopic (exact) mass is 409 g/mol. The standard InChI is InChI=1S/C23H31N5O2/c1-27(17-6-2-3-7-17)14-22(29)25-12-18-19-13-28(15-23(19)10-9-20(18)30-23)21-8-4-5-16(11-24)26-21/h4-5,8,17-20H,2-3,6-7,9-10,12-15H2,1H3,(H,25,29)/t18-,19+,20+,23+/m0/s1.